The number of nitrogens with zero attached hydrogens (tertiary/aromatic N) is 2. The molecule has 1 heterocycles. The molecule has 1 fully saturated rings. The first-order chi connectivity index (χ1) is 10.1. The van der Waals surface area contributed by atoms with Crippen LogP contribution in [0.3, 0.4) is 0 Å². The second-order valence-electron chi connectivity index (χ2n) is 6.24. The summed E-state index contributed by atoms with van der Waals surface area (Å²) in [5, 5.41) is 13.1. The Bertz CT molecular complexity index is 421. The summed E-state index contributed by atoms with van der Waals surface area (Å²) in [6, 6.07) is 8.60. The van der Waals surface area contributed by atoms with Crippen LogP contribution in [0.4, 0.5) is 0 Å². The molecule has 1 aromatic rings. The van der Waals surface area contributed by atoms with Crippen molar-refractivity contribution in [3.63, 3.8) is 0 Å². The number of rotatable bonds is 6. The SMILES string of the molecule is CCCNC(Cc1ccc(O)cc1)C1CN(C)CCN1C. The Morgan fingerprint density at radius 3 is 2.62 bits per heavy atom. The van der Waals surface area contributed by atoms with Gasteiger partial charge in [0.15, 0.2) is 0 Å². The molecule has 0 aromatic heterocycles. The molecule has 1 aliphatic rings. The molecule has 2 atom stereocenters. The third-order valence-electron chi connectivity index (χ3n) is 4.41. The van der Waals surface area contributed by atoms with Crippen LogP contribution in [0.25, 0.3) is 0 Å². The van der Waals surface area contributed by atoms with E-state index in [0.29, 0.717) is 17.8 Å². The van der Waals surface area contributed by atoms with Gasteiger partial charge < -0.3 is 15.3 Å². The van der Waals surface area contributed by atoms with E-state index in [1.165, 1.54) is 5.56 Å². The largest absolute Gasteiger partial charge is 0.508 e. The average molecular weight is 291 g/mol. The van der Waals surface area contributed by atoms with Crippen molar-refractivity contribution in [2.75, 3.05) is 40.3 Å². The molecule has 118 valence electrons. The van der Waals surface area contributed by atoms with Gasteiger partial charge in [0.05, 0.1) is 0 Å². The van der Waals surface area contributed by atoms with Gasteiger partial charge in [0, 0.05) is 31.7 Å². The van der Waals surface area contributed by atoms with Gasteiger partial charge in [-0.25, -0.2) is 0 Å². The van der Waals surface area contributed by atoms with Crippen molar-refractivity contribution < 1.29 is 5.11 Å². The summed E-state index contributed by atoms with van der Waals surface area (Å²) in [4.78, 5) is 4.90. The van der Waals surface area contributed by atoms with Crippen LogP contribution in [0.15, 0.2) is 24.3 Å². The van der Waals surface area contributed by atoms with Crippen molar-refractivity contribution in [3.8, 4) is 5.75 Å². The number of phenolic OH excluding ortho intramolecular Hbond substituents is 1. The Labute approximate surface area is 128 Å². The van der Waals surface area contributed by atoms with E-state index in [9.17, 15) is 5.11 Å². The number of benzene rings is 1. The van der Waals surface area contributed by atoms with Gasteiger partial charge in [0.1, 0.15) is 5.75 Å². The van der Waals surface area contributed by atoms with Gasteiger partial charge in [-0.05, 0) is 51.2 Å². The molecular formula is C17H29N3O. The second-order valence-corrected chi connectivity index (χ2v) is 6.24. The molecule has 0 aliphatic carbocycles. The van der Waals surface area contributed by atoms with E-state index in [4.69, 9.17) is 0 Å². The molecule has 4 heteroatoms. The predicted molar refractivity (Wildman–Crippen MR) is 87.8 cm³/mol. The lowest BCUT2D eigenvalue weighted by Crippen LogP contribution is -2.59. The zero-order valence-electron chi connectivity index (χ0n) is 13.5. The average Bonchev–Trinajstić information content (AvgIpc) is 2.48. The smallest absolute Gasteiger partial charge is 0.115 e. The first kappa shape index (κ1) is 16.3. The van der Waals surface area contributed by atoms with Crippen LogP contribution in [0, 0.1) is 0 Å². The number of aromatic hydroxyl groups is 1. The summed E-state index contributed by atoms with van der Waals surface area (Å²) in [5.41, 5.74) is 1.28. The number of likely N-dealkylation sites (N-methyl/N-ethyl adjacent to an activating group) is 2. The Morgan fingerprint density at radius 2 is 1.95 bits per heavy atom. The number of piperazine rings is 1. The van der Waals surface area contributed by atoms with Gasteiger partial charge in [-0.2, -0.15) is 0 Å². The number of phenols is 1. The number of hydrogen-bond donors (Lipinski definition) is 2. The molecule has 2 rings (SSSR count). The van der Waals surface area contributed by atoms with Gasteiger partial charge in [0.2, 0.25) is 0 Å². The molecule has 21 heavy (non-hydrogen) atoms. The van der Waals surface area contributed by atoms with Crippen molar-refractivity contribution in [3.05, 3.63) is 29.8 Å². The molecule has 2 N–H and O–H groups in total. The summed E-state index contributed by atoms with van der Waals surface area (Å²) in [6.07, 6.45) is 2.15. The fraction of sp³-hybridized carbons (Fsp3) is 0.647. The molecule has 0 spiro atoms. The van der Waals surface area contributed by atoms with Crippen molar-refractivity contribution in [1.29, 1.82) is 0 Å². The Morgan fingerprint density at radius 1 is 1.24 bits per heavy atom. The van der Waals surface area contributed by atoms with E-state index in [1.54, 1.807) is 12.1 Å². The lowest BCUT2D eigenvalue weighted by molar-refractivity contribution is 0.0876. The third kappa shape index (κ3) is 4.70. The highest BCUT2D eigenvalue weighted by Crippen LogP contribution is 2.16. The summed E-state index contributed by atoms with van der Waals surface area (Å²) in [5.74, 6) is 0.339. The maximum Gasteiger partial charge on any atom is 0.115 e. The van der Waals surface area contributed by atoms with E-state index in [2.05, 4.69) is 36.1 Å². The predicted octanol–water partition coefficient (Wildman–Crippen LogP) is 1.55. The highest BCUT2D eigenvalue weighted by molar-refractivity contribution is 5.26. The van der Waals surface area contributed by atoms with E-state index in [0.717, 1.165) is 39.0 Å². The van der Waals surface area contributed by atoms with Crippen molar-refractivity contribution >= 4 is 0 Å². The fourth-order valence-electron chi connectivity index (χ4n) is 3.04. The summed E-state index contributed by atoms with van der Waals surface area (Å²) < 4.78 is 0. The van der Waals surface area contributed by atoms with Crippen molar-refractivity contribution in [2.45, 2.75) is 31.8 Å². The molecule has 0 saturated carbocycles. The first-order valence-electron chi connectivity index (χ1n) is 8.00. The lowest BCUT2D eigenvalue weighted by Gasteiger charge is -2.42. The summed E-state index contributed by atoms with van der Waals surface area (Å²) in [7, 11) is 4.44. The van der Waals surface area contributed by atoms with Crippen molar-refractivity contribution in [1.82, 2.24) is 15.1 Å². The van der Waals surface area contributed by atoms with Crippen LogP contribution in [-0.2, 0) is 6.42 Å². The van der Waals surface area contributed by atoms with E-state index in [-0.39, 0.29) is 0 Å². The van der Waals surface area contributed by atoms with E-state index in [1.807, 2.05) is 12.1 Å². The minimum Gasteiger partial charge on any atom is -0.508 e. The minimum absolute atomic E-state index is 0.339. The summed E-state index contributed by atoms with van der Waals surface area (Å²) in [6.45, 7) is 6.64. The van der Waals surface area contributed by atoms with Gasteiger partial charge in [-0.1, -0.05) is 19.1 Å². The van der Waals surface area contributed by atoms with Crippen LogP contribution < -0.4 is 5.32 Å². The number of nitrogens with one attached hydrogen (secondary N) is 1. The molecule has 0 bridgehead atoms. The van der Waals surface area contributed by atoms with E-state index >= 15 is 0 Å². The Kier molecular flexibility index (Phi) is 6.03. The molecule has 2 unspecified atom stereocenters. The maximum absolute atomic E-state index is 9.43. The van der Waals surface area contributed by atoms with Crippen molar-refractivity contribution in [2.24, 2.45) is 0 Å². The van der Waals surface area contributed by atoms with Crippen LogP contribution >= 0.6 is 0 Å². The normalized spacial score (nSPS) is 22.3. The highest BCUT2D eigenvalue weighted by Gasteiger charge is 2.29. The minimum atomic E-state index is 0.339. The van der Waals surface area contributed by atoms with E-state index < -0.39 is 0 Å². The standard InChI is InChI=1S/C17H29N3O/c1-4-9-18-16(12-14-5-7-15(21)8-6-14)17-13-19(2)10-11-20(17)3/h5-8,16-18,21H,4,9-13H2,1-3H3. The zero-order valence-corrected chi connectivity index (χ0v) is 13.5. The van der Waals surface area contributed by atoms with Gasteiger partial charge in [0.25, 0.3) is 0 Å². The van der Waals surface area contributed by atoms with Gasteiger partial charge in [-0.3, -0.25) is 4.90 Å². The zero-order chi connectivity index (χ0) is 15.2. The lowest BCUT2D eigenvalue weighted by atomic mass is 9.96. The second kappa shape index (κ2) is 7.78. The van der Waals surface area contributed by atoms with Gasteiger partial charge >= 0.3 is 0 Å². The molecule has 1 aliphatic heterocycles. The number of hydrogen-bond acceptors (Lipinski definition) is 4. The highest BCUT2D eigenvalue weighted by atomic mass is 16.3. The van der Waals surface area contributed by atoms with Crippen LogP contribution in [0.2, 0.25) is 0 Å². The summed E-state index contributed by atoms with van der Waals surface area (Å²) >= 11 is 0. The molecule has 1 aromatic carbocycles. The fourth-order valence-corrected chi connectivity index (χ4v) is 3.04. The molecule has 0 radical (unpaired) electrons. The molecule has 1 saturated heterocycles. The molecular weight excluding hydrogens is 262 g/mol. The van der Waals surface area contributed by atoms with Crippen LogP contribution in [0.1, 0.15) is 18.9 Å². The first-order valence-corrected chi connectivity index (χ1v) is 8.00. The molecule has 0 amide bonds. The maximum atomic E-state index is 9.43. The molecule has 4 nitrogen and oxygen atoms in total. The topological polar surface area (TPSA) is 38.7 Å². The van der Waals surface area contributed by atoms with Gasteiger partial charge in [-0.15, -0.1) is 0 Å². The Balaban J connectivity index is 2.07. The quantitative estimate of drug-likeness (QED) is 0.834. The Hall–Kier alpha value is -1.10. The van der Waals surface area contributed by atoms with Crippen LogP contribution in [-0.4, -0.2) is 67.3 Å². The van der Waals surface area contributed by atoms with Crippen LogP contribution in [0.5, 0.6) is 5.75 Å². The monoisotopic (exact) mass is 291 g/mol. The third-order valence-corrected chi connectivity index (χ3v) is 4.41.